The maximum absolute atomic E-state index is 12.5. The Kier molecular flexibility index (Phi) is 4.85. The van der Waals surface area contributed by atoms with Crippen LogP contribution in [0.1, 0.15) is 35.3 Å². The summed E-state index contributed by atoms with van der Waals surface area (Å²) in [5.41, 5.74) is 4.18. The standard InChI is InChI=1S/C20H25N3O2/c24-20(22-13-14-3-7-21-8-4-14)19-12-17-2-1-16(11-18(17)23-19)15-5-9-25-10-6-15/h1-2,5,11-12,14,21,23H,3-4,6-10,13H2,(H,22,24). The number of fused-ring (bicyclic) bond motifs is 1. The van der Waals surface area contributed by atoms with Crippen LogP contribution < -0.4 is 10.6 Å². The number of carbonyl (C=O) groups excluding carboxylic acids is 1. The van der Waals surface area contributed by atoms with Gasteiger partial charge >= 0.3 is 0 Å². The van der Waals surface area contributed by atoms with Crippen molar-refractivity contribution >= 4 is 22.4 Å². The van der Waals surface area contributed by atoms with E-state index >= 15 is 0 Å². The molecule has 0 unspecified atom stereocenters. The van der Waals surface area contributed by atoms with Crippen molar-refractivity contribution in [3.05, 3.63) is 41.6 Å². The fourth-order valence-corrected chi connectivity index (χ4v) is 3.66. The molecule has 0 bridgehead atoms. The van der Waals surface area contributed by atoms with Gasteiger partial charge in [0.05, 0.1) is 13.2 Å². The molecule has 2 aliphatic heterocycles. The van der Waals surface area contributed by atoms with E-state index in [0.717, 1.165) is 56.4 Å². The number of aromatic amines is 1. The van der Waals surface area contributed by atoms with Crippen molar-refractivity contribution in [3.63, 3.8) is 0 Å². The average molecular weight is 339 g/mol. The van der Waals surface area contributed by atoms with Crippen molar-refractivity contribution < 1.29 is 9.53 Å². The number of amides is 1. The zero-order valence-electron chi connectivity index (χ0n) is 14.4. The van der Waals surface area contributed by atoms with Gasteiger partial charge in [0.15, 0.2) is 0 Å². The Morgan fingerprint density at radius 3 is 2.92 bits per heavy atom. The summed E-state index contributed by atoms with van der Waals surface area (Å²) in [6, 6.07) is 8.29. The van der Waals surface area contributed by atoms with Crippen LogP contribution in [-0.4, -0.2) is 43.7 Å². The van der Waals surface area contributed by atoms with Gasteiger partial charge in [-0.3, -0.25) is 4.79 Å². The Morgan fingerprint density at radius 2 is 2.12 bits per heavy atom. The van der Waals surface area contributed by atoms with Gasteiger partial charge in [0.25, 0.3) is 5.91 Å². The lowest BCUT2D eigenvalue weighted by Gasteiger charge is -2.22. The van der Waals surface area contributed by atoms with Gasteiger partial charge in [-0.15, -0.1) is 0 Å². The van der Waals surface area contributed by atoms with E-state index in [1.165, 1.54) is 11.1 Å². The number of hydrogen-bond donors (Lipinski definition) is 3. The Morgan fingerprint density at radius 1 is 1.24 bits per heavy atom. The number of H-pyrrole nitrogens is 1. The molecule has 132 valence electrons. The maximum Gasteiger partial charge on any atom is 0.267 e. The Labute approximate surface area is 147 Å². The van der Waals surface area contributed by atoms with Crippen molar-refractivity contribution in [2.45, 2.75) is 19.3 Å². The van der Waals surface area contributed by atoms with Crippen LogP contribution in [0.3, 0.4) is 0 Å². The molecule has 0 spiro atoms. The summed E-state index contributed by atoms with van der Waals surface area (Å²) in [5, 5.41) is 7.51. The van der Waals surface area contributed by atoms with Gasteiger partial charge in [0, 0.05) is 17.4 Å². The number of carbonyl (C=O) groups is 1. The minimum atomic E-state index is -0.0124. The number of benzene rings is 1. The zero-order chi connectivity index (χ0) is 17.1. The molecule has 2 aromatic rings. The third-order valence-corrected chi connectivity index (χ3v) is 5.21. The van der Waals surface area contributed by atoms with Gasteiger partial charge in [-0.05, 0) is 61.5 Å². The predicted octanol–water partition coefficient (Wildman–Crippen LogP) is 2.70. The number of aromatic nitrogens is 1. The molecule has 1 fully saturated rings. The molecule has 0 aliphatic carbocycles. The Bertz CT molecular complexity index is 787. The quantitative estimate of drug-likeness (QED) is 0.802. The number of nitrogens with one attached hydrogen (secondary N) is 3. The first-order chi connectivity index (χ1) is 12.3. The SMILES string of the molecule is O=C(NCC1CCNCC1)c1cc2ccc(C3=CCOCC3)cc2[nH]1. The fourth-order valence-electron chi connectivity index (χ4n) is 3.66. The van der Waals surface area contributed by atoms with Gasteiger partial charge in [0.1, 0.15) is 5.69 Å². The predicted molar refractivity (Wildman–Crippen MR) is 99.6 cm³/mol. The molecule has 0 radical (unpaired) electrons. The summed E-state index contributed by atoms with van der Waals surface area (Å²) in [4.78, 5) is 15.7. The second-order valence-electron chi connectivity index (χ2n) is 6.94. The zero-order valence-corrected chi connectivity index (χ0v) is 14.4. The van der Waals surface area contributed by atoms with Crippen molar-refractivity contribution in [3.8, 4) is 0 Å². The Balaban J connectivity index is 1.46. The molecule has 0 atom stereocenters. The van der Waals surface area contributed by atoms with E-state index in [9.17, 15) is 4.79 Å². The summed E-state index contributed by atoms with van der Waals surface area (Å²) in [5.74, 6) is 0.572. The van der Waals surface area contributed by atoms with Crippen LogP contribution in [0, 0.1) is 5.92 Å². The number of ether oxygens (including phenoxy) is 1. The van der Waals surface area contributed by atoms with Crippen LogP contribution in [0.5, 0.6) is 0 Å². The molecule has 4 rings (SSSR count). The van der Waals surface area contributed by atoms with Crippen LogP contribution in [0.2, 0.25) is 0 Å². The van der Waals surface area contributed by atoms with Crippen LogP contribution in [0.4, 0.5) is 0 Å². The molecule has 1 amide bonds. The molecule has 5 heteroatoms. The second-order valence-corrected chi connectivity index (χ2v) is 6.94. The normalized spacial score (nSPS) is 19.0. The molecular formula is C20H25N3O2. The lowest BCUT2D eigenvalue weighted by atomic mass is 9.98. The smallest absolute Gasteiger partial charge is 0.267 e. The number of rotatable bonds is 4. The highest BCUT2D eigenvalue weighted by molar-refractivity contribution is 5.98. The topological polar surface area (TPSA) is 66.2 Å². The van der Waals surface area contributed by atoms with Crippen LogP contribution in [0.25, 0.3) is 16.5 Å². The van der Waals surface area contributed by atoms with E-state index in [1.54, 1.807) is 0 Å². The minimum Gasteiger partial charge on any atom is -0.377 e. The van der Waals surface area contributed by atoms with Gasteiger partial charge < -0.3 is 20.4 Å². The molecule has 3 heterocycles. The fraction of sp³-hybridized carbons (Fsp3) is 0.450. The van der Waals surface area contributed by atoms with E-state index in [4.69, 9.17) is 4.74 Å². The monoisotopic (exact) mass is 339 g/mol. The Hall–Kier alpha value is -2.11. The van der Waals surface area contributed by atoms with E-state index in [0.29, 0.717) is 18.2 Å². The highest BCUT2D eigenvalue weighted by Crippen LogP contribution is 2.25. The summed E-state index contributed by atoms with van der Waals surface area (Å²) >= 11 is 0. The van der Waals surface area contributed by atoms with Crippen molar-refractivity contribution in [2.75, 3.05) is 32.8 Å². The summed E-state index contributed by atoms with van der Waals surface area (Å²) < 4.78 is 5.38. The molecule has 1 aromatic carbocycles. The largest absolute Gasteiger partial charge is 0.377 e. The van der Waals surface area contributed by atoms with Crippen LogP contribution in [-0.2, 0) is 4.74 Å². The lowest BCUT2D eigenvalue weighted by molar-refractivity contribution is 0.0940. The van der Waals surface area contributed by atoms with E-state index < -0.39 is 0 Å². The van der Waals surface area contributed by atoms with Crippen molar-refractivity contribution in [1.82, 2.24) is 15.6 Å². The number of piperidine rings is 1. The van der Waals surface area contributed by atoms with Gasteiger partial charge in [0.2, 0.25) is 0 Å². The van der Waals surface area contributed by atoms with E-state index in [1.807, 2.05) is 6.07 Å². The molecule has 0 saturated carbocycles. The molecule has 2 aliphatic rings. The third kappa shape index (κ3) is 3.78. The highest BCUT2D eigenvalue weighted by atomic mass is 16.5. The van der Waals surface area contributed by atoms with Crippen molar-refractivity contribution in [2.24, 2.45) is 5.92 Å². The minimum absolute atomic E-state index is 0.0124. The molecule has 3 N–H and O–H groups in total. The molecule has 1 aromatic heterocycles. The van der Waals surface area contributed by atoms with Crippen molar-refractivity contribution in [1.29, 1.82) is 0 Å². The highest BCUT2D eigenvalue weighted by Gasteiger charge is 2.16. The summed E-state index contributed by atoms with van der Waals surface area (Å²) in [6.07, 6.45) is 5.35. The molecule has 5 nitrogen and oxygen atoms in total. The first-order valence-electron chi connectivity index (χ1n) is 9.18. The maximum atomic E-state index is 12.5. The molecule has 25 heavy (non-hydrogen) atoms. The lowest BCUT2D eigenvalue weighted by Crippen LogP contribution is -2.36. The first-order valence-corrected chi connectivity index (χ1v) is 9.18. The van der Waals surface area contributed by atoms with E-state index in [-0.39, 0.29) is 5.91 Å². The van der Waals surface area contributed by atoms with Gasteiger partial charge in [-0.25, -0.2) is 0 Å². The third-order valence-electron chi connectivity index (χ3n) is 5.21. The summed E-state index contributed by atoms with van der Waals surface area (Å²) in [6.45, 7) is 4.32. The van der Waals surface area contributed by atoms with Gasteiger partial charge in [-0.2, -0.15) is 0 Å². The second kappa shape index (κ2) is 7.42. The molecular weight excluding hydrogens is 314 g/mol. The average Bonchev–Trinajstić information content (AvgIpc) is 3.11. The molecule has 1 saturated heterocycles. The van der Waals surface area contributed by atoms with E-state index in [2.05, 4.69) is 39.9 Å². The summed E-state index contributed by atoms with van der Waals surface area (Å²) in [7, 11) is 0. The van der Waals surface area contributed by atoms with Gasteiger partial charge in [-0.1, -0.05) is 18.2 Å². The van der Waals surface area contributed by atoms with Crippen LogP contribution >= 0.6 is 0 Å². The number of hydrogen-bond acceptors (Lipinski definition) is 3. The van der Waals surface area contributed by atoms with Crippen LogP contribution in [0.15, 0.2) is 30.3 Å². The first kappa shape index (κ1) is 16.4.